The van der Waals surface area contributed by atoms with Crippen molar-refractivity contribution in [2.45, 2.75) is 38.5 Å². The summed E-state index contributed by atoms with van der Waals surface area (Å²) in [6.07, 6.45) is 16.6. The zero-order valence-corrected chi connectivity index (χ0v) is 18.6. The molecule has 4 rings (SSSR count). The first kappa shape index (κ1) is 23.7. The van der Waals surface area contributed by atoms with Crippen LogP contribution in [0.2, 0.25) is 0 Å². The van der Waals surface area contributed by atoms with Crippen molar-refractivity contribution in [3.8, 4) is 12.8 Å². The fourth-order valence-electron chi connectivity index (χ4n) is 3.47. The Labute approximate surface area is 182 Å². The van der Waals surface area contributed by atoms with Crippen molar-refractivity contribution in [3.05, 3.63) is 53.9 Å². The summed E-state index contributed by atoms with van der Waals surface area (Å²) >= 11 is 0. The normalized spacial score (nSPS) is 16.1. The lowest BCUT2D eigenvalue weighted by Crippen LogP contribution is -2.45. The second kappa shape index (κ2) is 12.2. The molecule has 0 radical (unpaired) electrons. The van der Waals surface area contributed by atoms with Crippen LogP contribution in [0.25, 0.3) is 6.20 Å². The Morgan fingerprint density at radius 2 is 1.77 bits per heavy atom. The number of aromatic nitrogens is 2. The Hall–Kier alpha value is -2.55. The molecule has 1 aromatic heterocycles. The van der Waals surface area contributed by atoms with Gasteiger partial charge in [0.15, 0.2) is 0 Å². The van der Waals surface area contributed by atoms with Crippen LogP contribution in [0.15, 0.2) is 37.0 Å². The fourth-order valence-corrected chi connectivity index (χ4v) is 3.47. The lowest BCUT2D eigenvalue weighted by Gasteiger charge is -2.32. The smallest absolute Gasteiger partial charge is 0.209 e. The highest BCUT2D eigenvalue weighted by atomic mass is 15.3. The van der Waals surface area contributed by atoms with Crippen LogP contribution in [0.3, 0.4) is 0 Å². The summed E-state index contributed by atoms with van der Waals surface area (Å²) in [7, 11) is 2.16. The maximum Gasteiger partial charge on any atom is 0.209 e. The molecule has 1 aromatic carbocycles. The molecule has 1 aliphatic carbocycles. The highest BCUT2D eigenvalue weighted by molar-refractivity contribution is 5.42. The minimum atomic E-state index is 0.713. The number of imidazole rings is 1. The zero-order chi connectivity index (χ0) is 21.9. The number of terminal acetylenes is 1. The van der Waals surface area contributed by atoms with Gasteiger partial charge in [-0.25, -0.2) is 4.98 Å². The molecule has 2 fully saturated rings. The molecule has 2 heterocycles. The van der Waals surface area contributed by atoms with Crippen LogP contribution < -0.4 is 10.6 Å². The number of benzene rings is 1. The molecular weight excluding hydrogens is 370 g/mol. The van der Waals surface area contributed by atoms with Crippen LogP contribution in [0, 0.1) is 19.8 Å². The Morgan fingerprint density at radius 1 is 1.13 bits per heavy atom. The Balaban J connectivity index is 0.000000224. The van der Waals surface area contributed by atoms with E-state index >= 15 is 0 Å². The summed E-state index contributed by atoms with van der Waals surface area (Å²) in [5, 5.41) is 0. The van der Waals surface area contributed by atoms with Crippen LogP contribution in [0.1, 0.15) is 42.0 Å². The molecular formula is C25H37N5. The average Bonchev–Trinajstić information content (AvgIpc) is 3.55. The highest BCUT2D eigenvalue weighted by Gasteiger charge is 2.22. The summed E-state index contributed by atoms with van der Waals surface area (Å²) in [5.41, 5.74) is 9.55. The zero-order valence-electron chi connectivity index (χ0n) is 18.6. The Kier molecular flexibility index (Phi) is 9.66. The molecule has 2 aromatic rings. The lowest BCUT2D eigenvalue weighted by atomic mass is 10.1. The van der Waals surface area contributed by atoms with Crippen molar-refractivity contribution in [2.24, 2.45) is 5.73 Å². The maximum absolute atomic E-state index is 5.54. The minimum Gasteiger partial charge on any atom is -0.339 e. The fraction of sp³-hybridized carbons (Fsp3) is 0.480. The molecule has 30 heavy (non-hydrogen) atoms. The molecule has 1 saturated heterocycles. The number of rotatable bonds is 6. The van der Waals surface area contributed by atoms with Crippen LogP contribution in [-0.2, 0) is 6.42 Å². The standard InChI is InChI=1S/C13H23N5.C10H12.C2H2/c1-3-17-11-12(5-4-6-14)15-13(17)18-9-7-16(2)8-10-18;1-8-2-4-9(5-3-8)10-6-7-10;1-2/h3,11H,1,4-10,14H2,2H3;2-5,10H,6-7H2,1H3;1-2H. The van der Waals surface area contributed by atoms with E-state index in [1.165, 1.54) is 24.0 Å². The lowest BCUT2D eigenvalue weighted by molar-refractivity contribution is 0.311. The van der Waals surface area contributed by atoms with Gasteiger partial charge in [-0.15, -0.1) is 12.8 Å². The first-order valence-electron chi connectivity index (χ1n) is 10.8. The highest BCUT2D eigenvalue weighted by Crippen LogP contribution is 2.39. The number of aryl methyl sites for hydroxylation is 2. The molecule has 0 amide bonds. The van der Waals surface area contributed by atoms with Gasteiger partial charge in [-0.2, -0.15) is 0 Å². The molecule has 162 valence electrons. The first-order chi connectivity index (χ1) is 14.6. The number of likely N-dealkylation sites (N-methyl/N-ethyl adjacent to an activating group) is 1. The largest absolute Gasteiger partial charge is 0.339 e. The van der Waals surface area contributed by atoms with Gasteiger partial charge in [-0.1, -0.05) is 36.4 Å². The van der Waals surface area contributed by atoms with E-state index in [0.29, 0.717) is 6.54 Å². The summed E-state index contributed by atoms with van der Waals surface area (Å²) in [6, 6.07) is 8.92. The number of piperazine rings is 1. The molecule has 2 N–H and O–H groups in total. The summed E-state index contributed by atoms with van der Waals surface area (Å²) in [4.78, 5) is 9.38. The van der Waals surface area contributed by atoms with Crippen molar-refractivity contribution < 1.29 is 0 Å². The topological polar surface area (TPSA) is 50.3 Å². The van der Waals surface area contributed by atoms with Gasteiger partial charge >= 0.3 is 0 Å². The second-order valence-corrected chi connectivity index (χ2v) is 7.99. The predicted molar refractivity (Wildman–Crippen MR) is 129 cm³/mol. The number of nitrogens with two attached hydrogens (primary N) is 1. The molecule has 0 atom stereocenters. The van der Waals surface area contributed by atoms with Gasteiger partial charge in [0.05, 0.1) is 5.69 Å². The van der Waals surface area contributed by atoms with Gasteiger partial charge in [0.25, 0.3) is 0 Å². The van der Waals surface area contributed by atoms with E-state index in [0.717, 1.165) is 56.6 Å². The van der Waals surface area contributed by atoms with Gasteiger partial charge in [-0.05, 0) is 57.7 Å². The Morgan fingerprint density at radius 3 is 2.30 bits per heavy atom. The number of nitrogens with zero attached hydrogens (tertiary/aromatic N) is 4. The van der Waals surface area contributed by atoms with Crippen molar-refractivity contribution in [1.82, 2.24) is 14.5 Å². The van der Waals surface area contributed by atoms with E-state index in [9.17, 15) is 0 Å². The van der Waals surface area contributed by atoms with E-state index in [2.05, 4.69) is 73.7 Å². The molecule has 0 spiro atoms. The molecule has 1 saturated carbocycles. The second-order valence-electron chi connectivity index (χ2n) is 7.99. The number of anilines is 1. The SMILES string of the molecule is C#C.C=Cn1cc(CCCN)nc1N1CCN(C)CC1.Cc1ccc(C2CC2)cc1. The monoisotopic (exact) mass is 407 g/mol. The van der Waals surface area contributed by atoms with Crippen molar-refractivity contribution >= 4 is 12.1 Å². The van der Waals surface area contributed by atoms with Gasteiger partial charge in [0, 0.05) is 38.6 Å². The first-order valence-corrected chi connectivity index (χ1v) is 10.8. The van der Waals surface area contributed by atoms with Crippen LogP contribution in [-0.4, -0.2) is 54.2 Å². The van der Waals surface area contributed by atoms with Crippen molar-refractivity contribution in [1.29, 1.82) is 0 Å². The van der Waals surface area contributed by atoms with E-state index in [-0.39, 0.29) is 0 Å². The third-order valence-corrected chi connectivity index (χ3v) is 5.51. The molecule has 2 aliphatic rings. The van der Waals surface area contributed by atoms with Gasteiger partial charge in [-0.3, -0.25) is 4.57 Å². The van der Waals surface area contributed by atoms with E-state index in [1.54, 1.807) is 0 Å². The van der Waals surface area contributed by atoms with E-state index in [1.807, 2.05) is 10.8 Å². The van der Waals surface area contributed by atoms with E-state index < -0.39 is 0 Å². The summed E-state index contributed by atoms with van der Waals surface area (Å²) in [5.74, 6) is 1.92. The number of hydrogen-bond acceptors (Lipinski definition) is 4. The summed E-state index contributed by atoms with van der Waals surface area (Å²) < 4.78 is 2.02. The summed E-state index contributed by atoms with van der Waals surface area (Å²) in [6.45, 7) is 10.9. The van der Waals surface area contributed by atoms with Gasteiger partial charge < -0.3 is 15.5 Å². The minimum absolute atomic E-state index is 0.713. The van der Waals surface area contributed by atoms with Crippen LogP contribution in [0.4, 0.5) is 5.95 Å². The Bertz CT molecular complexity index is 778. The molecule has 5 nitrogen and oxygen atoms in total. The van der Waals surface area contributed by atoms with E-state index in [4.69, 9.17) is 10.7 Å². The average molecular weight is 408 g/mol. The molecule has 0 bridgehead atoms. The van der Waals surface area contributed by atoms with Crippen molar-refractivity contribution in [3.63, 3.8) is 0 Å². The maximum atomic E-state index is 5.54. The quantitative estimate of drug-likeness (QED) is 0.741. The van der Waals surface area contributed by atoms with Gasteiger partial charge in [0.2, 0.25) is 5.95 Å². The van der Waals surface area contributed by atoms with Crippen molar-refractivity contribution in [2.75, 3.05) is 44.7 Å². The predicted octanol–water partition coefficient (Wildman–Crippen LogP) is 3.75. The van der Waals surface area contributed by atoms with Crippen LogP contribution in [0.5, 0.6) is 0 Å². The third-order valence-electron chi connectivity index (χ3n) is 5.51. The third kappa shape index (κ3) is 7.05. The molecule has 5 heteroatoms. The van der Waals surface area contributed by atoms with Gasteiger partial charge in [0.1, 0.15) is 0 Å². The number of hydrogen-bond donors (Lipinski definition) is 1. The molecule has 0 unspecified atom stereocenters. The molecule has 1 aliphatic heterocycles. The van der Waals surface area contributed by atoms with Crippen LogP contribution >= 0.6 is 0 Å².